The van der Waals surface area contributed by atoms with Crippen LogP contribution in [0.4, 0.5) is 0 Å². The summed E-state index contributed by atoms with van der Waals surface area (Å²) in [4.78, 5) is 4.13. The molecule has 2 heterocycles. The van der Waals surface area contributed by atoms with Gasteiger partial charge in [-0.2, -0.15) is 5.10 Å². The van der Waals surface area contributed by atoms with E-state index in [9.17, 15) is 0 Å². The van der Waals surface area contributed by atoms with Crippen LogP contribution in [0.25, 0.3) is 0 Å². The first-order chi connectivity index (χ1) is 14.8. The van der Waals surface area contributed by atoms with E-state index in [1.54, 1.807) is 12.4 Å². The lowest BCUT2D eigenvalue weighted by molar-refractivity contribution is 0.301. The lowest BCUT2D eigenvalue weighted by Crippen LogP contribution is -2.14. The van der Waals surface area contributed by atoms with E-state index in [2.05, 4.69) is 39.7 Å². The Labute approximate surface area is 193 Å². The second kappa shape index (κ2) is 11.5. The second-order valence-electron chi connectivity index (χ2n) is 7.03. The standard InChI is InChI=1S/C24H23ClN4O.ClH/c25-23-8-9-24(30-18-21-3-1-10-26-15-21)22(13-23)16-27-14-19-4-6-20(7-5-19)17-29-12-2-11-28-29;/h1-13,15,27H,14,16-18H2;1H. The summed E-state index contributed by atoms with van der Waals surface area (Å²) >= 11 is 6.21. The van der Waals surface area contributed by atoms with Crippen molar-refractivity contribution in [2.45, 2.75) is 26.2 Å². The van der Waals surface area contributed by atoms with Crippen LogP contribution < -0.4 is 10.1 Å². The van der Waals surface area contributed by atoms with Crippen LogP contribution in [0.1, 0.15) is 22.3 Å². The molecule has 0 atom stereocenters. The highest BCUT2D eigenvalue weighted by atomic mass is 35.5. The average molecular weight is 455 g/mol. The van der Waals surface area contributed by atoms with Gasteiger partial charge in [0.25, 0.3) is 0 Å². The summed E-state index contributed by atoms with van der Waals surface area (Å²) in [5, 5.41) is 8.42. The van der Waals surface area contributed by atoms with Crippen LogP contribution in [0.2, 0.25) is 5.02 Å². The molecule has 31 heavy (non-hydrogen) atoms. The van der Waals surface area contributed by atoms with Crippen molar-refractivity contribution < 1.29 is 4.74 Å². The summed E-state index contributed by atoms with van der Waals surface area (Å²) in [6.45, 7) is 2.68. The number of nitrogens with one attached hydrogen (secondary N) is 1. The third-order valence-electron chi connectivity index (χ3n) is 4.71. The van der Waals surface area contributed by atoms with Crippen LogP contribution in [0.3, 0.4) is 0 Å². The third kappa shape index (κ3) is 6.82. The zero-order chi connectivity index (χ0) is 20.6. The molecule has 2 aromatic carbocycles. The van der Waals surface area contributed by atoms with Crippen LogP contribution in [-0.2, 0) is 26.2 Å². The summed E-state index contributed by atoms with van der Waals surface area (Å²) in [6.07, 6.45) is 7.33. The highest BCUT2D eigenvalue weighted by molar-refractivity contribution is 6.30. The Balaban J connectivity index is 0.00000272. The Hall–Kier alpha value is -2.86. The van der Waals surface area contributed by atoms with Gasteiger partial charge in [-0.15, -0.1) is 12.4 Å². The normalized spacial score (nSPS) is 10.5. The Morgan fingerprint density at radius 2 is 1.74 bits per heavy atom. The number of pyridine rings is 1. The van der Waals surface area contributed by atoms with Gasteiger partial charge in [0.15, 0.2) is 0 Å². The molecule has 0 aliphatic heterocycles. The SMILES string of the molecule is Cl.Clc1ccc(OCc2cccnc2)c(CNCc2ccc(Cn3cccn3)cc2)c1. The molecule has 0 bridgehead atoms. The molecule has 0 spiro atoms. The van der Waals surface area contributed by atoms with Gasteiger partial charge in [-0.25, -0.2) is 0 Å². The van der Waals surface area contributed by atoms with Gasteiger partial charge in [-0.3, -0.25) is 9.67 Å². The molecule has 160 valence electrons. The maximum Gasteiger partial charge on any atom is 0.124 e. The molecule has 7 heteroatoms. The van der Waals surface area contributed by atoms with Crippen LogP contribution in [0.15, 0.2) is 85.5 Å². The largest absolute Gasteiger partial charge is 0.489 e. The monoisotopic (exact) mass is 454 g/mol. The minimum Gasteiger partial charge on any atom is -0.489 e. The van der Waals surface area contributed by atoms with Gasteiger partial charge >= 0.3 is 0 Å². The second-order valence-corrected chi connectivity index (χ2v) is 7.46. The van der Waals surface area contributed by atoms with Gasteiger partial charge in [0.05, 0.1) is 6.54 Å². The number of ether oxygens (including phenoxy) is 1. The van der Waals surface area contributed by atoms with Crippen LogP contribution in [0.5, 0.6) is 5.75 Å². The van der Waals surface area contributed by atoms with E-state index in [-0.39, 0.29) is 12.4 Å². The van der Waals surface area contributed by atoms with Crippen LogP contribution in [-0.4, -0.2) is 14.8 Å². The van der Waals surface area contributed by atoms with Crippen molar-refractivity contribution in [3.63, 3.8) is 0 Å². The Kier molecular flexibility index (Phi) is 8.47. The summed E-state index contributed by atoms with van der Waals surface area (Å²) < 4.78 is 7.92. The zero-order valence-electron chi connectivity index (χ0n) is 16.9. The summed E-state index contributed by atoms with van der Waals surface area (Å²) in [6, 6.07) is 20.1. The summed E-state index contributed by atoms with van der Waals surface area (Å²) in [7, 11) is 0. The van der Waals surface area contributed by atoms with Crippen molar-refractivity contribution in [1.29, 1.82) is 0 Å². The van der Waals surface area contributed by atoms with Crippen molar-refractivity contribution >= 4 is 24.0 Å². The molecular weight excluding hydrogens is 431 g/mol. The van der Waals surface area contributed by atoms with Gasteiger partial charge < -0.3 is 10.1 Å². The van der Waals surface area contributed by atoms with Gasteiger partial charge in [-0.1, -0.05) is 41.9 Å². The van der Waals surface area contributed by atoms with Crippen molar-refractivity contribution in [1.82, 2.24) is 20.1 Å². The predicted octanol–water partition coefficient (Wildman–Crippen LogP) is 5.27. The quantitative estimate of drug-likeness (QED) is 0.374. The molecule has 0 fully saturated rings. The fourth-order valence-electron chi connectivity index (χ4n) is 3.16. The molecule has 0 saturated heterocycles. The topological polar surface area (TPSA) is 52.0 Å². The number of rotatable bonds is 9. The van der Waals surface area contributed by atoms with Crippen LogP contribution in [0, 0.1) is 0 Å². The fourth-order valence-corrected chi connectivity index (χ4v) is 3.35. The molecule has 2 aromatic heterocycles. The van der Waals surface area contributed by atoms with Crippen molar-refractivity contribution in [3.8, 4) is 5.75 Å². The maximum absolute atomic E-state index is 6.21. The molecule has 0 unspecified atom stereocenters. The number of nitrogens with zero attached hydrogens (tertiary/aromatic N) is 3. The number of halogens is 2. The molecule has 0 saturated carbocycles. The number of aromatic nitrogens is 3. The van der Waals surface area contributed by atoms with E-state index in [0.717, 1.165) is 30.0 Å². The first-order valence-corrected chi connectivity index (χ1v) is 10.2. The fraction of sp³-hybridized carbons (Fsp3) is 0.167. The Bertz CT molecular complexity index is 1050. The van der Waals surface area contributed by atoms with E-state index in [4.69, 9.17) is 16.3 Å². The highest BCUT2D eigenvalue weighted by Gasteiger charge is 2.06. The van der Waals surface area contributed by atoms with E-state index < -0.39 is 0 Å². The van der Waals surface area contributed by atoms with Crippen molar-refractivity contribution in [2.75, 3.05) is 0 Å². The van der Waals surface area contributed by atoms with Gasteiger partial charge in [0, 0.05) is 54.0 Å². The van der Waals surface area contributed by atoms with Gasteiger partial charge in [0.2, 0.25) is 0 Å². The lowest BCUT2D eigenvalue weighted by Gasteiger charge is -2.13. The molecule has 0 radical (unpaired) electrons. The van der Waals surface area contributed by atoms with E-state index in [0.29, 0.717) is 18.2 Å². The Morgan fingerprint density at radius 3 is 2.48 bits per heavy atom. The summed E-state index contributed by atoms with van der Waals surface area (Å²) in [5.74, 6) is 0.824. The molecule has 1 N–H and O–H groups in total. The van der Waals surface area contributed by atoms with Crippen molar-refractivity contribution in [3.05, 3.63) is 113 Å². The average Bonchev–Trinajstić information content (AvgIpc) is 3.28. The van der Waals surface area contributed by atoms with Crippen molar-refractivity contribution in [2.24, 2.45) is 0 Å². The molecule has 0 aliphatic rings. The van der Waals surface area contributed by atoms with E-state index >= 15 is 0 Å². The molecular formula is C24H24Cl2N4O. The number of hydrogen-bond donors (Lipinski definition) is 1. The minimum absolute atomic E-state index is 0. The first-order valence-electron chi connectivity index (χ1n) is 9.82. The van der Waals surface area contributed by atoms with E-state index in [1.807, 2.05) is 53.5 Å². The molecule has 4 aromatic rings. The minimum atomic E-state index is 0. The number of hydrogen-bond acceptors (Lipinski definition) is 4. The zero-order valence-corrected chi connectivity index (χ0v) is 18.5. The number of benzene rings is 2. The highest BCUT2D eigenvalue weighted by Crippen LogP contribution is 2.24. The Morgan fingerprint density at radius 1 is 0.903 bits per heavy atom. The molecule has 0 amide bonds. The maximum atomic E-state index is 6.21. The summed E-state index contributed by atoms with van der Waals surface area (Å²) in [5.41, 5.74) is 4.51. The van der Waals surface area contributed by atoms with Gasteiger partial charge in [-0.05, 0) is 41.5 Å². The first kappa shape index (κ1) is 22.8. The molecule has 0 aliphatic carbocycles. The predicted molar refractivity (Wildman–Crippen MR) is 126 cm³/mol. The van der Waals surface area contributed by atoms with E-state index in [1.165, 1.54) is 11.1 Å². The van der Waals surface area contributed by atoms with Gasteiger partial charge in [0.1, 0.15) is 12.4 Å². The lowest BCUT2D eigenvalue weighted by atomic mass is 10.1. The molecule has 5 nitrogen and oxygen atoms in total. The molecule has 4 rings (SSSR count). The smallest absolute Gasteiger partial charge is 0.124 e. The van der Waals surface area contributed by atoms with Crippen LogP contribution >= 0.6 is 24.0 Å². The third-order valence-corrected chi connectivity index (χ3v) is 4.95.